The third kappa shape index (κ3) is 11.2. The van der Waals surface area contributed by atoms with Crippen molar-refractivity contribution in [3.63, 3.8) is 0 Å². The topological polar surface area (TPSA) is 208 Å². The number of benzene rings is 1. The molecule has 0 saturated heterocycles. The van der Waals surface area contributed by atoms with Crippen molar-refractivity contribution in [1.29, 1.82) is 0 Å². The molecular formula is C26H40N4O8. The average Bonchev–Trinajstić information content (AvgIpc) is 2.84. The molecule has 12 nitrogen and oxygen atoms in total. The summed E-state index contributed by atoms with van der Waals surface area (Å²) < 4.78 is 0. The number of hydrogen-bond donors (Lipinski definition) is 7. The van der Waals surface area contributed by atoms with Gasteiger partial charge in [0.15, 0.2) is 0 Å². The number of hydrogen-bond acceptors (Lipinski definition) is 7. The van der Waals surface area contributed by atoms with Crippen molar-refractivity contribution in [3.8, 4) is 5.75 Å². The van der Waals surface area contributed by atoms with Gasteiger partial charge < -0.3 is 37.0 Å². The quantitative estimate of drug-likeness (QED) is 0.159. The fourth-order valence-corrected chi connectivity index (χ4v) is 3.71. The molecule has 38 heavy (non-hydrogen) atoms. The molecule has 1 rings (SSSR count). The molecule has 5 atom stereocenters. The van der Waals surface area contributed by atoms with Crippen LogP contribution in [0.2, 0.25) is 0 Å². The summed E-state index contributed by atoms with van der Waals surface area (Å²) in [5.74, 6) is -4.79. The average molecular weight is 537 g/mol. The van der Waals surface area contributed by atoms with Gasteiger partial charge in [-0.25, -0.2) is 4.79 Å². The second-order valence-electron chi connectivity index (χ2n) is 9.87. The molecule has 0 spiro atoms. The fraction of sp³-hybridized carbons (Fsp3) is 0.577. The smallest absolute Gasteiger partial charge is 0.326 e. The predicted molar refractivity (Wildman–Crippen MR) is 139 cm³/mol. The van der Waals surface area contributed by atoms with Crippen LogP contribution in [0.5, 0.6) is 5.75 Å². The summed E-state index contributed by atoms with van der Waals surface area (Å²) in [7, 11) is 0. The van der Waals surface area contributed by atoms with Crippen LogP contribution < -0.4 is 21.7 Å². The van der Waals surface area contributed by atoms with Crippen LogP contribution in [0.3, 0.4) is 0 Å². The molecule has 12 heteroatoms. The Morgan fingerprint density at radius 3 is 1.95 bits per heavy atom. The Kier molecular flexibility index (Phi) is 13.2. The molecule has 1 aromatic rings. The van der Waals surface area contributed by atoms with Crippen LogP contribution >= 0.6 is 0 Å². The normalized spacial score (nSPS) is 15.0. The number of carboxylic acid groups (broad SMARTS) is 2. The van der Waals surface area contributed by atoms with Gasteiger partial charge in [-0.3, -0.25) is 19.2 Å². The van der Waals surface area contributed by atoms with Crippen molar-refractivity contribution in [1.82, 2.24) is 16.0 Å². The number of rotatable bonds is 16. The van der Waals surface area contributed by atoms with Gasteiger partial charge in [-0.2, -0.15) is 0 Å². The highest BCUT2D eigenvalue weighted by Crippen LogP contribution is 2.14. The third-order valence-corrected chi connectivity index (χ3v) is 6.13. The van der Waals surface area contributed by atoms with Gasteiger partial charge in [0.25, 0.3) is 0 Å². The third-order valence-electron chi connectivity index (χ3n) is 6.13. The second-order valence-corrected chi connectivity index (χ2v) is 9.87. The number of aliphatic carboxylic acids is 2. The highest BCUT2D eigenvalue weighted by atomic mass is 16.4. The maximum Gasteiger partial charge on any atom is 0.326 e. The molecule has 0 bridgehead atoms. The highest BCUT2D eigenvalue weighted by Gasteiger charge is 2.32. The lowest BCUT2D eigenvalue weighted by molar-refractivity contribution is -0.143. The van der Waals surface area contributed by atoms with Crippen molar-refractivity contribution in [2.75, 3.05) is 0 Å². The van der Waals surface area contributed by atoms with E-state index >= 15 is 0 Å². The summed E-state index contributed by atoms with van der Waals surface area (Å²) in [6.07, 6.45) is 0.0556. The number of amides is 3. The summed E-state index contributed by atoms with van der Waals surface area (Å²) in [6.45, 7) is 7.43. The zero-order valence-corrected chi connectivity index (χ0v) is 22.3. The van der Waals surface area contributed by atoms with Crippen molar-refractivity contribution in [2.45, 2.75) is 84.0 Å². The Morgan fingerprint density at radius 1 is 0.868 bits per heavy atom. The van der Waals surface area contributed by atoms with Crippen LogP contribution in [0.15, 0.2) is 24.3 Å². The SMILES string of the molecule is CCC(C)C(NC(=O)C(N)CC(C)C)C(=O)NC(Cc1ccc(O)cc1)C(=O)NC(CCC(=O)O)C(=O)O. The number of carbonyl (C=O) groups excluding carboxylic acids is 3. The number of carboxylic acids is 2. The Bertz CT molecular complexity index is 966. The Balaban J connectivity index is 3.18. The van der Waals surface area contributed by atoms with Crippen molar-refractivity contribution >= 4 is 29.7 Å². The predicted octanol–water partition coefficient (Wildman–Crippen LogP) is 0.758. The zero-order chi connectivity index (χ0) is 29.0. The fourth-order valence-electron chi connectivity index (χ4n) is 3.71. The molecule has 0 radical (unpaired) electrons. The van der Waals surface area contributed by atoms with Crippen LogP contribution in [-0.4, -0.2) is 69.1 Å². The van der Waals surface area contributed by atoms with Crippen LogP contribution in [-0.2, 0) is 30.4 Å². The van der Waals surface area contributed by atoms with E-state index in [0.29, 0.717) is 18.4 Å². The van der Waals surface area contributed by atoms with E-state index in [4.69, 9.17) is 10.8 Å². The van der Waals surface area contributed by atoms with E-state index in [1.807, 2.05) is 20.8 Å². The number of nitrogens with one attached hydrogen (secondary N) is 3. The molecule has 8 N–H and O–H groups in total. The number of carbonyl (C=O) groups is 5. The Hall–Kier alpha value is -3.67. The van der Waals surface area contributed by atoms with Crippen LogP contribution in [0.4, 0.5) is 0 Å². The Labute approximate surface area is 222 Å². The molecule has 1 aromatic carbocycles. The summed E-state index contributed by atoms with van der Waals surface area (Å²) in [4.78, 5) is 61.6. The van der Waals surface area contributed by atoms with E-state index in [2.05, 4.69) is 16.0 Å². The largest absolute Gasteiger partial charge is 0.508 e. The molecule has 0 fully saturated rings. The van der Waals surface area contributed by atoms with Gasteiger partial charge in [0.05, 0.1) is 6.04 Å². The lowest BCUT2D eigenvalue weighted by atomic mass is 9.96. The molecule has 0 aliphatic heterocycles. The first-order chi connectivity index (χ1) is 17.7. The van der Waals surface area contributed by atoms with Gasteiger partial charge >= 0.3 is 11.9 Å². The van der Waals surface area contributed by atoms with Gasteiger partial charge in [-0.15, -0.1) is 0 Å². The van der Waals surface area contributed by atoms with Gasteiger partial charge in [-0.05, 0) is 42.4 Å². The van der Waals surface area contributed by atoms with Crippen molar-refractivity contribution in [2.24, 2.45) is 17.6 Å². The number of phenolic OH excluding ortho intramolecular Hbond substituents is 1. The molecular weight excluding hydrogens is 496 g/mol. The molecule has 5 unspecified atom stereocenters. The molecule has 0 aliphatic rings. The zero-order valence-electron chi connectivity index (χ0n) is 22.3. The summed E-state index contributed by atoms with van der Waals surface area (Å²) >= 11 is 0. The van der Waals surface area contributed by atoms with E-state index in [1.165, 1.54) is 12.1 Å². The van der Waals surface area contributed by atoms with Gasteiger partial charge in [0.1, 0.15) is 23.9 Å². The van der Waals surface area contributed by atoms with E-state index in [-0.39, 0.29) is 30.4 Å². The lowest BCUT2D eigenvalue weighted by Gasteiger charge is -2.28. The number of phenols is 1. The molecule has 0 saturated carbocycles. The maximum atomic E-state index is 13.3. The minimum Gasteiger partial charge on any atom is -0.508 e. The molecule has 212 valence electrons. The second kappa shape index (κ2) is 15.6. The first-order valence-corrected chi connectivity index (χ1v) is 12.6. The summed E-state index contributed by atoms with van der Waals surface area (Å²) in [5.41, 5.74) is 6.54. The van der Waals surface area contributed by atoms with Crippen LogP contribution in [0.1, 0.15) is 58.9 Å². The molecule has 0 heterocycles. The van der Waals surface area contributed by atoms with E-state index < -0.39 is 60.2 Å². The van der Waals surface area contributed by atoms with Gasteiger partial charge in [-0.1, -0.05) is 46.2 Å². The number of aromatic hydroxyl groups is 1. The van der Waals surface area contributed by atoms with Gasteiger partial charge in [0, 0.05) is 12.8 Å². The standard InChI is InChI=1S/C26H40N4O8/c1-5-15(4)22(30-23(34)18(27)12-14(2)3)25(36)29-20(13-16-6-8-17(31)9-7-16)24(35)28-19(26(37)38)10-11-21(32)33/h6-9,14-15,18-20,22,31H,5,10-13,27H2,1-4H3,(H,28,35)(H,29,36)(H,30,34)(H,32,33)(H,37,38). The van der Waals surface area contributed by atoms with Crippen molar-refractivity contribution < 1.29 is 39.3 Å². The van der Waals surface area contributed by atoms with Crippen LogP contribution in [0, 0.1) is 11.8 Å². The van der Waals surface area contributed by atoms with E-state index in [9.17, 15) is 34.2 Å². The summed E-state index contributed by atoms with van der Waals surface area (Å²) in [6, 6.07) is 1.30. The minimum atomic E-state index is -1.49. The Morgan fingerprint density at radius 2 is 1.45 bits per heavy atom. The molecule has 0 aromatic heterocycles. The minimum absolute atomic E-state index is 0.00400. The summed E-state index contributed by atoms with van der Waals surface area (Å²) in [5, 5.41) is 35.5. The van der Waals surface area contributed by atoms with E-state index in [1.54, 1.807) is 19.1 Å². The van der Waals surface area contributed by atoms with Crippen LogP contribution in [0.25, 0.3) is 0 Å². The lowest BCUT2D eigenvalue weighted by Crippen LogP contribution is -2.59. The van der Waals surface area contributed by atoms with Gasteiger partial charge in [0.2, 0.25) is 17.7 Å². The van der Waals surface area contributed by atoms with Crippen molar-refractivity contribution in [3.05, 3.63) is 29.8 Å². The molecule has 3 amide bonds. The molecule has 0 aliphatic carbocycles. The van der Waals surface area contributed by atoms with E-state index in [0.717, 1.165) is 0 Å². The number of nitrogens with two attached hydrogens (primary N) is 1. The first-order valence-electron chi connectivity index (χ1n) is 12.6. The maximum absolute atomic E-state index is 13.3. The first kappa shape index (κ1) is 32.4. The monoisotopic (exact) mass is 536 g/mol. The highest BCUT2D eigenvalue weighted by molar-refractivity contribution is 5.94.